The van der Waals surface area contributed by atoms with Crippen molar-refractivity contribution < 1.29 is 19.0 Å². The summed E-state index contributed by atoms with van der Waals surface area (Å²) in [6, 6.07) is 13.2. The van der Waals surface area contributed by atoms with Crippen molar-refractivity contribution in [3.05, 3.63) is 53.6 Å². The van der Waals surface area contributed by atoms with Crippen molar-refractivity contribution in [2.45, 2.75) is 32.9 Å². The highest BCUT2D eigenvalue weighted by atomic mass is 16.7. The molecule has 158 valence electrons. The molecule has 31 heavy (non-hydrogen) atoms. The summed E-state index contributed by atoms with van der Waals surface area (Å²) in [6.07, 6.45) is 0.475. The van der Waals surface area contributed by atoms with Crippen LogP contribution in [0, 0.1) is 0 Å². The molecule has 1 aliphatic heterocycles. The van der Waals surface area contributed by atoms with E-state index in [-0.39, 0.29) is 24.3 Å². The fraction of sp³-hybridized carbons (Fsp3) is 0.261. The van der Waals surface area contributed by atoms with Crippen molar-refractivity contribution in [2.75, 3.05) is 12.5 Å². The molecule has 8 heteroatoms. The van der Waals surface area contributed by atoms with Crippen LogP contribution in [0.5, 0.6) is 11.5 Å². The van der Waals surface area contributed by atoms with Gasteiger partial charge in [-0.15, -0.1) is 0 Å². The van der Waals surface area contributed by atoms with Gasteiger partial charge in [0.15, 0.2) is 17.1 Å². The first-order valence-electron chi connectivity index (χ1n) is 10.2. The monoisotopic (exact) mass is 418 g/mol. The molecule has 0 bridgehead atoms. The molecule has 0 fully saturated rings. The number of benzene rings is 2. The quantitative estimate of drug-likeness (QED) is 0.491. The molecule has 0 saturated heterocycles. The van der Waals surface area contributed by atoms with Crippen LogP contribution in [0.2, 0.25) is 0 Å². The Balaban J connectivity index is 1.66. The molecule has 0 spiro atoms. The standard InChI is InChI=1S/C23H22N4O4/c1-3-13(2)31-23(28)19-20-22(26-16-7-5-4-6-15(16)25-20)27(21(19)24)11-14-8-9-17-18(10-14)30-12-29-17/h4-10,13H,3,11-12,24H2,1-2H3. The number of fused-ring (bicyclic) bond motifs is 3. The molecule has 8 nitrogen and oxygen atoms in total. The number of esters is 1. The molecule has 0 amide bonds. The minimum Gasteiger partial charge on any atom is -0.459 e. The Morgan fingerprint density at radius 2 is 1.90 bits per heavy atom. The SMILES string of the molecule is CCC(C)OC(=O)c1c(N)n(Cc2ccc3c(c2)OCO3)c2nc3ccccc3nc12. The van der Waals surface area contributed by atoms with Crippen LogP contribution in [0.15, 0.2) is 42.5 Å². The number of rotatable bonds is 5. The van der Waals surface area contributed by atoms with E-state index in [2.05, 4.69) is 0 Å². The number of nitrogens with zero attached hydrogens (tertiary/aromatic N) is 3. The van der Waals surface area contributed by atoms with Crippen LogP contribution in [0.1, 0.15) is 36.2 Å². The number of nitrogen functional groups attached to an aromatic ring is 1. The topological polar surface area (TPSA) is 101 Å². The molecular formula is C23H22N4O4. The first-order chi connectivity index (χ1) is 15.0. The van der Waals surface area contributed by atoms with Crippen molar-refractivity contribution in [3.63, 3.8) is 0 Å². The Morgan fingerprint density at radius 1 is 1.16 bits per heavy atom. The average molecular weight is 418 g/mol. The third kappa shape index (κ3) is 3.30. The van der Waals surface area contributed by atoms with E-state index in [4.69, 9.17) is 29.9 Å². The van der Waals surface area contributed by atoms with Crippen molar-refractivity contribution in [2.24, 2.45) is 0 Å². The normalized spacial score (nSPS) is 13.6. The van der Waals surface area contributed by atoms with E-state index in [0.717, 1.165) is 11.1 Å². The number of ether oxygens (including phenoxy) is 3. The zero-order valence-electron chi connectivity index (χ0n) is 17.3. The Labute approximate surface area is 178 Å². The van der Waals surface area contributed by atoms with Crippen molar-refractivity contribution in [1.82, 2.24) is 14.5 Å². The summed E-state index contributed by atoms with van der Waals surface area (Å²) in [5.74, 6) is 1.17. The molecular weight excluding hydrogens is 396 g/mol. The molecule has 0 radical (unpaired) electrons. The third-order valence-electron chi connectivity index (χ3n) is 5.46. The number of aromatic nitrogens is 3. The number of hydrogen-bond donors (Lipinski definition) is 1. The summed E-state index contributed by atoms with van der Waals surface area (Å²) in [5, 5.41) is 0. The highest BCUT2D eigenvalue weighted by Crippen LogP contribution is 2.34. The molecule has 0 aliphatic carbocycles. The average Bonchev–Trinajstić information content (AvgIpc) is 3.34. The molecule has 1 aliphatic rings. The van der Waals surface area contributed by atoms with Crippen molar-refractivity contribution in [3.8, 4) is 11.5 Å². The zero-order valence-corrected chi connectivity index (χ0v) is 17.3. The van der Waals surface area contributed by atoms with Gasteiger partial charge in [0.2, 0.25) is 6.79 Å². The lowest BCUT2D eigenvalue weighted by Gasteiger charge is -2.11. The summed E-state index contributed by atoms with van der Waals surface area (Å²) in [4.78, 5) is 22.5. The maximum atomic E-state index is 13.0. The molecule has 1 unspecified atom stereocenters. The van der Waals surface area contributed by atoms with Gasteiger partial charge in [0.05, 0.1) is 23.7 Å². The third-order valence-corrected chi connectivity index (χ3v) is 5.46. The van der Waals surface area contributed by atoms with Gasteiger partial charge in [-0.1, -0.05) is 25.1 Å². The second kappa shape index (κ2) is 7.46. The van der Waals surface area contributed by atoms with E-state index in [1.54, 1.807) is 4.57 Å². The van der Waals surface area contributed by atoms with Crippen LogP contribution >= 0.6 is 0 Å². The molecule has 4 aromatic rings. The Hall–Kier alpha value is -3.81. The van der Waals surface area contributed by atoms with E-state index in [1.165, 1.54) is 0 Å². The second-order valence-corrected chi connectivity index (χ2v) is 7.54. The maximum absolute atomic E-state index is 13.0. The number of hydrogen-bond acceptors (Lipinski definition) is 7. The maximum Gasteiger partial charge on any atom is 0.344 e. The lowest BCUT2D eigenvalue weighted by Crippen LogP contribution is -2.16. The number of para-hydroxylation sites is 2. The van der Waals surface area contributed by atoms with Crippen LogP contribution in [-0.2, 0) is 11.3 Å². The molecule has 5 rings (SSSR count). The highest BCUT2D eigenvalue weighted by molar-refractivity contribution is 6.08. The molecule has 3 heterocycles. The predicted molar refractivity (Wildman–Crippen MR) is 116 cm³/mol. The molecule has 2 N–H and O–H groups in total. The number of anilines is 1. The van der Waals surface area contributed by atoms with Crippen molar-refractivity contribution >= 4 is 34.0 Å². The van der Waals surface area contributed by atoms with Gasteiger partial charge in [-0.05, 0) is 43.2 Å². The van der Waals surface area contributed by atoms with Crippen LogP contribution in [0.25, 0.3) is 22.2 Å². The van der Waals surface area contributed by atoms with E-state index >= 15 is 0 Å². The summed E-state index contributed by atoms with van der Waals surface area (Å²) >= 11 is 0. The lowest BCUT2D eigenvalue weighted by molar-refractivity contribution is 0.0338. The van der Waals surface area contributed by atoms with Gasteiger partial charge in [0.25, 0.3) is 0 Å². The summed E-state index contributed by atoms with van der Waals surface area (Å²) in [7, 11) is 0. The second-order valence-electron chi connectivity index (χ2n) is 7.54. The summed E-state index contributed by atoms with van der Waals surface area (Å²) < 4.78 is 18.2. The molecule has 1 atom stereocenters. The van der Waals surface area contributed by atoms with Gasteiger partial charge in [0.1, 0.15) is 16.9 Å². The van der Waals surface area contributed by atoms with Gasteiger partial charge in [-0.25, -0.2) is 14.8 Å². The van der Waals surface area contributed by atoms with Crippen LogP contribution in [-0.4, -0.2) is 33.4 Å². The predicted octanol–water partition coefficient (Wildman–Crippen LogP) is 3.90. The van der Waals surface area contributed by atoms with Crippen LogP contribution in [0.4, 0.5) is 5.82 Å². The number of carbonyl (C=O) groups excluding carboxylic acids is 1. The lowest BCUT2D eigenvalue weighted by atomic mass is 10.2. The minimum atomic E-state index is -0.495. The number of carbonyl (C=O) groups is 1. The largest absolute Gasteiger partial charge is 0.459 e. The van der Waals surface area contributed by atoms with Crippen LogP contribution in [0.3, 0.4) is 0 Å². The van der Waals surface area contributed by atoms with Gasteiger partial charge in [-0.3, -0.25) is 0 Å². The Kier molecular flexibility index (Phi) is 4.62. The fourth-order valence-corrected chi connectivity index (χ4v) is 3.63. The summed E-state index contributed by atoms with van der Waals surface area (Å²) in [6.45, 7) is 4.40. The van der Waals surface area contributed by atoms with Gasteiger partial charge in [-0.2, -0.15) is 0 Å². The smallest absolute Gasteiger partial charge is 0.344 e. The van der Waals surface area contributed by atoms with E-state index in [1.807, 2.05) is 56.3 Å². The molecule has 2 aromatic carbocycles. The summed E-state index contributed by atoms with van der Waals surface area (Å²) in [5.41, 5.74) is 10.0. The van der Waals surface area contributed by atoms with Crippen molar-refractivity contribution in [1.29, 1.82) is 0 Å². The first kappa shape index (κ1) is 19.2. The fourth-order valence-electron chi connectivity index (χ4n) is 3.63. The highest BCUT2D eigenvalue weighted by Gasteiger charge is 2.26. The van der Waals surface area contributed by atoms with E-state index < -0.39 is 5.97 Å². The van der Waals surface area contributed by atoms with Gasteiger partial charge in [0, 0.05) is 0 Å². The zero-order chi connectivity index (χ0) is 21.5. The minimum absolute atomic E-state index is 0.205. The van der Waals surface area contributed by atoms with E-state index in [0.29, 0.717) is 41.1 Å². The Morgan fingerprint density at radius 3 is 2.68 bits per heavy atom. The Bertz CT molecular complexity index is 1310. The van der Waals surface area contributed by atoms with Gasteiger partial charge < -0.3 is 24.5 Å². The molecule has 2 aromatic heterocycles. The first-order valence-corrected chi connectivity index (χ1v) is 10.2. The van der Waals surface area contributed by atoms with Crippen LogP contribution < -0.4 is 15.2 Å². The number of nitrogens with two attached hydrogens (primary N) is 1. The molecule has 0 saturated carbocycles. The van der Waals surface area contributed by atoms with Gasteiger partial charge >= 0.3 is 5.97 Å². The van der Waals surface area contributed by atoms with E-state index in [9.17, 15) is 4.79 Å².